The maximum Gasteiger partial charge on any atom is 0.344 e. The summed E-state index contributed by atoms with van der Waals surface area (Å²) in [5, 5.41) is 1.97. The van der Waals surface area contributed by atoms with Crippen molar-refractivity contribution >= 4 is 22.7 Å². The zero-order valence-electron chi connectivity index (χ0n) is 26.4. The van der Waals surface area contributed by atoms with E-state index in [1.165, 1.54) is 0 Å². The first-order chi connectivity index (χ1) is 19.9. The van der Waals surface area contributed by atoms with Crippen molar-refractivity contribution in [3.05, 3.63) is 76.3 Å². The molecule has 3 aromatic rings. The maximum atomic E-state index is 12.3. The first-order valence-corrected chi connectivity index (χ1v) is 14.7. The van der Waals surface area contributed by atoms with E-state index in [2.05, 4.69) is 19.1 Å². The van der Waals surface area contributed by atoms with Crippen LogP contribution in [0.3, 0.4) is 0 Å². The number of hydrogen-bond acceptors (Lipinski definition) is 7. The van der Waals surface area contributed by atoms with Crippen LogP contribution in [0.5, 0.6) is 5.75 Å². The van der Waals surface area contributed by atoms with Gasteiger partial charge < -0.3 is 23.7 Å². The second kappa shape index (κ2) is 15.2. The lowest BCUT2D eigenvalue weighted by molar-refractivity contribution is -0.165. The third-order valence-corrected chi connectivity index (χ3v) is 7.15. The van der Waals surface area contributed by atoms with Crippen LogP contribution in [0.2, 0.25) is 0 Å². The fourth-order valence-corrected chi connectivity index (χ4v) is 4.33. The Morgan fingerprint density at radius 1 is 0.738 bits per heavy atom. The quantitative estimate of drug-likeness (QED) is 0.172. The Balaban J connectivity index is 1.78. The van der Waals surface area contributed by atoms with Crippen LogP contribution in [0.25, 0.3) is 10.8 Å². The molecule has 0 atom stereocenters. The minimum atomic E-state index is -0.641. The molecule has 0 saturated carbocycles. The summed E-state index contributed by atoms with van der Waals surface area (Å²) in [6.45, 7) is 16.5. The molecule has 0 spiro atoms. The normalized spacial score (nSPS) is 11.8. The molecule has 3 aromatic carbocycles. The number of carbonyl (C=O) groups excluding carboxylic acids is 2. The zero-order chi connectivity index (χ0) is 30.9. The number of hydrogen-bond donors (Lipinski definition) is 0. The average Bonchev–Trinajstić information content (AvgIpc) is 2.95. The lowest BCUT2D eigenvalue weighted by atomic mass is 9.91. The van der Waals surface area contributed by atoms with Gasteiger partial charge in [0.05, 0.1) is 30.8 Å². The first kappa shape index (κ1) is 33.1. The predicted molar refractivity (Wildman–Crippen MR) is 164 cm³/mol. The van der Waals surface area contributed by atoms with Crippen LogP contribution in [0.15, 0.2) is 48.5 Å². The highest BCUT2D eigenvalue weighted by Gasteiger charge is 2.27. The molecule has 0 aromatic heterocycles. The summed E-state index contributed by atoms with van der Waals surface area (Å²) < 4.78 is 29.0. The van der Waals surface area contributed by atoms with Crippen molar-refractivity contribution < 1.29 is 33.3 Å². The molecule has 3 rings (SSSR count). The minimum absolute atomic E-state index is 0.0700. The number of carbonyl (C=O) groups is 2. The van der Waals surface area contributed by atoms with E-state index in [0.717, 1.165) is 44.3 Å². The van der Waals surface area contributed by atoms with E-state index in [1.807, 2.05) is 71.0 Å². The van der Waals surface area contributed by atoms with Gasteiger partial charge in [-0.2, -0.15) is 0 Å². The molecule has 0 bridgehead atoms. The smallest absolute Gasteiger partial charge is 0.344 e. The maximum absolute atomic E-state index is 12.3. The van der Waals surface area contributed by atoms with E-state index in [1.54, 1.807) is 13.8 Å². The van der Waals surface area contributed by atoms with Gasteiger partial charge in [0.1, 0.15) is 19.0 Å². The number of aryl methyl sites for hydroxylation is 1. The lowest BCUT2D eigenvalue weighted by Crippen LogP contribution is -2.28. The van der Waals surface area contributed by atoms with E-state index < -0.39 is 24.0 Å². The number of ether oxygens (including phenoxy) is 5. The molecule has 0 saturated heterocycles. The van der Waals surface area contributed by atoms with Crippen molar-refractivity contribution in [2.45, 2.75) is 100 Å². The minimum Gasteiger partial charge on any atom is -0.488 e. The summed E-state index contributed by atoms with van der Waals surface area (Å²) in [4.78, 5) is 24.5. The second-order valence-electron chi connectivity index (χ2n) is 11.8. The van der Waals surface area contributed by atoms with E-state index in [4.69, 9.17) is 23.7 Å². The van der Waals surface area contributed by atoms with Gasteiger partial charge in [0.25, 0.3) is 0 Å². The molecular weight excluding hydrogens is 532 g/mol. The Kier molecular flexibility index (Phi) is 11.9. The highest BCUT2D eigenvalue weighted by atomic mass is 16.6. The van der Waals surface area contributed by atoms with Gasteiger partial charge in [-0.3, -0.25) is 4.79 Å². The van der Waals surface area contributed by atoms with Crippen molar-refractivity contribution in [1.29, 1.82) is 0 Å². The summed E-state index contributed by atoms with van der Waals surface area (Å²) in [5.74, 6) is -0.216. The summed E-state index contributed by atoms with van der Waals surface area (Å²) in [6, 6.07) is 16.1. The summed E-state index contributed by atoms with van der Waals surface area (Å²) >= 11 is 0. The number of rotatable bonds is 15. The van der Waals surface area contributed by atoms with Gasteiger partial charge in [-0.25, -0.2) is 4.79 Å². The van der Waals surface area contributed by atoms with Gasteiger partial charge in [-0.1, -0.05) is 61.0 Å². The van der Waals surface area contributed by atoms with E-state index in [-0.39, 0.29) is 18.8 Å². The van der Waals surface area contributed by atoms with Crippen LogP contribution < -0.4 is 4.74 Å². The zero-order valence-corrected chi connectivity index (χ0v) is 26.4. The van der Waals surface area contributed by atoms with Crippen molar-refractivity contribution in [1.82, 2.24) is 0 Å². The average molecular weight is 579 g/mol. The molecule has 42 heavy (non-hydrogen) atoms. The molecular formula is C35H46O7. The molecule has 0 N–H and O–H groups in total. The van der Waals surface area contributed by atoms with E-state index in [9.17, 15) is 9.59 Å². The molecule has 228 valence electrons. The Bertz CT molecular complexity index is 1320. The fraction of sp³-hybridized carbons (Fsp3) is 0.486. The highest BCUT2D eigenvalue weighted by Crippen LogP contribution is 2.31. The Labute approximate surface area is 250 Å². The molecule has 0 aliphatic carbocycles. The topological polar surface area (TPSA) is 80.3 Å². The van der Waals surface area contributed by atoms with Gasteiger partial charge in [0, 0.05) is 11.1 Å². The van der Waals surface area contributed by atoms with Crippen LogP contribution in [-0.4, -0.2) is 30.8 Å². The van der Waals surface area contributed by atoms with E-state index in [0.29, 0.717) is 26.2 Å². The van der Waals surface area contributed by atoms with Gasteiger partial charge >= 0.3 is 11.9 Å². The molecule has 0 unspecified atom stereocenters. The standard InChI is InChI=1S/C35H46O7/c1-9-35(7,8)34(37)42-22-32(36)40-18-26-14-15-27(31-13-11-10-12-30(26)31)19-41-33-28(20-38-23(2)3)16-25(6)17-29(33)21-39-24(4)5/h10-17,23-24H,9,18-22H2,1-8H3. The molecule has 7 nitrogen and oxygen atoms in total. The van der Waals surface area contributed by atoms with Gasteiger partial charge in [0.2, 0.25) is 0 Å². The number of esters is 2. The fourth-order valence-electron chi connectivity index (χ4n) is 4.33. The summed E-state index contributed by atoms with van der Waals surface area (Å²) in [6.07, 6.45) is 0.802. The number of fused-ring (bicyclic) bond motifs is 1. The van der Waals surface area contributed by atoms with Crippen LogP contribution in [-0.2, 0) is 55.0 Å². The highest BCUT2D eigenvalue weighted by molar-refractivity contribution is 5.89. The van der Waals surface area contributed by atoms with Crippen LogP contribution in [0, 0.1) is 12.3 Å². The van der Waals surface area contributed by atoms with Crippen LogP contribution in [0.1, 0.15) is 82.7 Å². The lowest BCUT2D eigenvalue weighted by Gasteiger charge is -2.20. The molecule has 0 fully saturated rings. The molecule has 7 heteroatoms. The predicted octanol–water partition coefficient (Wildman–Crippen LogP) is 7.60. The van der Waals surface area contributed by atoms with Crippen molar-refractivity contribution in [2.75, 3.05) is 6.61 Å². The number of benzene rings is 3. The van der Waals surface area contributed by atoms with Gasteiger partial charge in [-0.05, 0) is 76.8 Å². The molecule has 0 amide bonds. The monoisotopic (exact) mass is 578 g/mol. The van der Waals surface area contributed by atoms with Gasteiger partial charge in [0.15, 0.2) is 6.61 Å². The second-order valence-corrected chi connectivity index (χ2v) is 11.8. The summed E-state index contributed by atoms with van der Waals surface area (Å²) in [7, 11) is 0. The third kappa shape index (κ3) is 9.30. The van der Waals surface area contributed by atoms with Crippen LogP contribution in [0.4, 0.5) is 0 Å². The first-order valence-electron chi connectivity index (χ1n) is 14.7. The van der Waals surface area contributed by atoms with Gasteiger partial charge in [-0.15, -0.1) is 0 Å². The van der Waals surface area contributed by atoms with Crippen molar-refractivity contribution in [3.8, 4) is 5.75 Å². The SMILES string of the molecule is CCC(C)(C)C(=O)OCC(=O)OCc1ccc(COc2c(COC(C)C)cc(C)cc2COC(C)C)c2ccccc12. The third-order valence-electron chi connectivity index (χ3n) is 7.15. The molecule has 0 aliphatic rings. The largest absolute Gasteiger partial charge is 0.488 e. The Morgan fingerprint density at radius 3 is 1.76 bits per heavy atom. The summed E-state index contributed by atoms with van der Waals surface area (Å²) in [5.41, 5.74) is 4.32. The van der Waals surface area contributed by atoms with E-state index >= 15 is 0 Å². The Morgan fingerprint density at radius 2 is 1.26 bits per heavy atom. The van der Waals surface area contributed by atoms with Crippen molar-refractivity contribution in [3.63, 3.8) is 0 Å². The Hall–Kier alpha value is -3.42. The van der Waals surface area contributed by atoms with Crippen molar-refractivity contribution in [2.24, 2.45) is 5.41 Å². The molecule has 0 radical (unpaired) electrons. The molecule has 0 heterocycles. The molecule has 0 aliphatic heterocycles. The van der Waals surface area contributed by atoms with Crippen LogP contribution >= 0.6 is 0 Å².